The van der Waals surface area contributed by atoms with Crippen molar-refractivity contribution in [1.29, 1.82) is 0 Å². The van der Waals surface area contributed by atoms with Crippen LogP contribution in [-0.4, -0.2) is 21.6 Å². The molecule has 2 rings (SSSR count). The minimum Gasteiger partial charge on any atom is -0.315 e. The molecule has 0 spiro atoms. The van der Waals surface area contributed by atoms with Gasteiger partial charge in [-0.3, -0.25) is 19.7 Å². The molecule has 1 aromatic carbocycles. The fourth-order valence-electron chi connectivity index (χ4n) is 1.90. The first-order valence-corrected chi connectivity index (χ1v) is 6.80. The summed E-state index contributed by atoms with van der Waals surface area (Å²) in [6.45, 7) is 2.25. The number of benzene rings is 1. The van der Waals surface area contributed by atoms with Crippen molar-refractivity contribution in [3.63, 3.8) is 0 Å². The second-order valence-corrected chi connectivity index (χ2v) is 4.56. The summed E-state index contributed by atoms with van der Waals surface area (Å²) < 4.78 is 1.40. The highest BCUT2D eigenvalue weighted by Gasteiger charge is 2.10. The highest BCUT2D eigenvalue weighted by Crippen LogP contribution is 2.11. The maximum absolute atomic E-state index is 12.0. The van der Waals surface area contributed by atoms with Crippen LogP contribution in [-0.2, 0) is 6.54 Å². The summed E-state index contributed by atoms with van der Waals surface area (Å²) in [5.74, 6) is -0.639. The zero-order valence-electron chi connectivity index (χ0n) is 12.3. The minimum atomic E-state index is -0.639. The van der Waals surface area contributed by atoms with Crippen LogP contribution < -0.4 is 11.0 Å². The first-order valence-electron chi connectivity index (χ1n) is 6.80. The monoisotopic (exact) mass is 314 g/mol. The summed E-state index contributed by atoms with van der Waals surface area (Å²) >= 11 is 0. The van der Waals surface area contributed by atoms with Gasteiger partial charge in [-0.2, -0.15) is 5.10 Å². The average molecular weight is 314 g/mol. The van der Waals surface area contributed by atoms with Crippen molar-refractivity contribution in [2.45, 2.75) is 13.5 Å². The van der Waals surface area contributed by atoms with Gasteiger partial charge in [0.05, 0.1) is 11.1 Å². The van der Waals surface area contributed by atoms with Gasteiger partial charge in [-0.25, -0.2) is 5.43 Å². The lowest BCUT2D eigenvalue weighted by Gasteiger charge is -2.04. The fourth-order valence-corrected chi connectivity index (χ4v) is 1.90. The number of nitro groups is 1. The van der Waals surface area contributed by atoms with Crippen molar-refractivity contribution in [3.8, 4) is 0 Å². The maximum Gasteiger partial charge on any atom is 0.276 e. The Morgan fingerprint density at radius 3 is 2.87 bits per heavy atom. The predicted molar refractivity (Wildman–Crippen MR) is 84.5 cm³/mol. The third-order valence-corrected chi connectivity index (χ3v) is 3.07. The number of hydrogen-bond donors (Lipinski definition) is 1. The number of aryl methyl sites for hydroxylation is 1. The number of carbonyl (C=O) groups excluding carboxylic acids is 1. The van der Waals surface area contributed by atoms with Crippen LogP contribution in [0.4, 0.5) is 5.69 Å². The Bertz CT molecular complexity index is 826. The van der Waals surface area contributed by atoms with E-state index >= 15 is 0 Å². The Morgan fingerprint density at radius 2 is 2.17 bits per heavy atom. The minimum absolute atomic E-state index is 0.0226. The lowest BCUT2D eigenvalue weighted by atomic mass is 10.2. The molecule has 1 amide bonds. The van der Waals surface area contributed by atoms with E-state index in [0.717, 1.165) is 0 Å². The zero-order valence-corrected chi connectivity index (χ0v) is 12.3. The van der Waals surface area contributed by atoms with E-state index in [1.807, 2.05) is 0 Å². The number of pyridine rings is 1. The van der Waals surface area contributed by atoms with Crippen molar-refractivity contribution in [2.75, 3.05) is 0 Å². The molecule has 0 aliphatic rings. The molecule has 1 N–H and O–H groups in total. The van der Waals surface area contributed by atoms with E-state index in [1.54, 1.807) is 25.3 Å². The van der Waals surface area contributed by atoms with Gasteiger partial charge >= 0.3 is 0 Å². The topological polar surface area (TPSA) is 107 Å². The third kappa shape index (κ3) is 3.88. The molecule has 0 aliphatic carbocycles. The van der Waals surface area contributed by atoms with Gasteiger partial charge in [0.1, 0.15) is 5.56 Å². The molecule has 0 atom stereocenters. The fraction of sp³-hybridized carbons (Fsp3) is 0.133. The summed E-state index contributed by atoms with van der Waals surface area (Å²) in [5.41, 5.74) is 2.19. The van der Waals surface area contributed by atoms with Crippen LogP contribution in [0.2, 0.25) is 0 Å². The van der Waals surface area contributed by atoms with Crippen LogP contribution in [0.3, 0.4) is 0 Å². The van der Waals surface area contributed by atoms with Crippen molar-refractivity contribution >= 4 is 17.8 Å². The van der Waals surface area contributed by atoms with Crippen LogP contribution in [0.1, 0.15) is 22.8 Å². The summed E-state index contributed by atoms with van der Waals surface area (Å²) in [7, 11) is 0. The van der Waals surface area contributed by atoms with Crippen LogP contribution in [0.5, 0.6) is 0 Å². The van der Waals surface area contributed by atoms with E-state index < -0.39 is 16.4 Å². The Morgan fingerprint density at radius 1 is 1.39 bits per heavy atom. The number of carbonyl (C=O) groups is 1. The SMILES string of the molecule is CCn1cccc(C(=O)N/N=C\c2cccc([N+](=O)[O-])c2)c1=O. The van der Waals surface area contributed by atoms with Gasteiger partial charge < -0.3 is 4.57 Å². The smallest absolute Gasteiger partial charge is 0.276 e. The first kappa shape index (κ1) is 16.1. The molecule has 8 heteroatoms. The van der Waals surface area contributed by atoms with E-state index in [0.29, 0.717) is 12.1 Å². The number of non-ortho nitro benzene ring substituents is 1. The van der Waals surface area contributed by atoms with Crippen molar-refractivity contribution < 1.29 is 9.72 Å². The summed E-state index contributed by atoms with van der Waals surface area (Å²) in [6, 6.07) is 8.81. The highest BCUT2D eigenvalue weighted by molar-refractivity contribution is 5.94. The molecule has 0 aliphatic heterocycles. The Labute approximate surface area is 131 Å². The highest BCUT2D eigenvalue weighted by atomic mass is 16.6. The van der Waals surface area contributed by atoms with Gasteiger partial charge in [-0.15, -0.1) is 0 Å². The second-order valence-electron chi connectivity index (χ2n) is 4.56. The lowest BCUT2D eigenvalue weighted by Crippen LogP contribution is -2.30. The molecule has 0 unspecified atom stereocenters. The Kier molecular flexibility index (Phi) is 4.98. The van der Waals surface area contributed by atoms with Crippen LogP contribution in [0.25, 0.3) is 0 Å². The van der Waals surface area contributed by atoms with E-state index in [-0.39, 0.29) is 11.3 Å². The Balaban J connectivity index is 2.12. The van der Waals surface area contributed by atoms with Crippen LogP contribution in [0.15, 0.2) is 52.5 Å². The normalized spacial score (nSPS) is 10.7. The zero-order chi connectivity index (χ0) is 16.8. The molecule has 0 saturated heterocycles. The number of nitro benzene ring substituents is 1. The molecule has 0 saturated carbocycles. The lowest BCUT2D eigenvalue weighted by molar-refractivity contribution is -0.384. The molecule has 1 aromatic heterocycles. The number of nitrogens with zero attached hydrogens (tertiary/aromatic N) is 3. The van der Waals surface area contributed by atoms with Crippen molar-refractivity contribution in [1.82, 2.24) is 9.99 Å². The van der Waals surface area contributed by atoms with Crippen LogP contribution >= 0.6 is 0 Å². The maximum atomic E-state index is 12.0. The quantitative estimate of drug-likeness (QED) is 0.513. The number of aromatic nitrogens is 1. The van der Waals surface area contributed by atoms with Gasteiger partial charge in [-0.05, 0) is 19.1 Å². The van der Waals surface area contributed by atoms with Crippen molar-refractivity contribution in [2.24, 2.45) is 5.10 Å². The number of nitrogens with one attached hydrogen (secondary N) is 1. The largest absolute Gasteiger partial charge is 0.315 e. The summed E-state index contributed by atoms with van der Waals surface area (Å²) in [5, 5.41) is 14.4. The van der Waals surface area contributed by atoms with E-state index in [1.165, 1.54) is 35.0 Å². The van der Waals surface area contributed by atoms with E-state index in [4.69, 9.17) is 0 Å². The van der Waals surface area contributed by atoms with Crippen LogP contribution in [0, 0.1) is 10.1 Å². The Hall–Kier alpha value is -3.29. The number of rotatable bonds is 5. The van der Waals surface area contributed by atoms with Gasteiger partial charge in [0, 0.05) is 30.4 Å². The summed E-state index contributed by atoms with van der Waals surface area (Å²) in [4.78, 5) is 34.1. The first-order chi connectivity index (χ1) is 11.0. The van der Waals surface area contributed by atoms with Gasteiger partial charge in [0.25, 0.3) is 17.2 Å². The predicted octanol–water partition coefficient (Wildman–Crippen LogP) is 1.54. The number of hydrazone groups is 1. The van der Waals surface area contributed by atoms with Gasteiger partial charge in [-0.1, -0.05) is 12.1 Å². The molecule has 23 heavy (non-hydrogen) atoms. The molecular weight excluding hydrogens is 300 g/mol. The molecule has 2 aromatic rings. The third-order valence-electron chi connectivity index (χ3n) is 3.07. The standard InChI is InChI=1S/C15H14N4O4/c1-2-18-8-4-7-13(15(18)21)14(20)17-16-10-11-5-3-6-12(9-11)19(22)23/h3-10H,2H2,1H3,(H,17,20)/b16-10-. The van der Waals surface area contributed by atoms with Gasteiger partial charge in [0.15, 0.2) is 0 Å². The number of amides is 1. The molecule has 1 heterocycles. The molecule has 0 bridgehead atoms. The molecule has 0 fully saturated rings. The van der Waals surface area contributed by atoms with Gasteiger partial charge in [0.2, 0.25) is 0 Å². The second kappa shape index (κ2) is 7.12. The average Bonchev–Trinajstić information content (AvgIpc) is 2.55. The number of hydrogen-bond acceptors (Lipinski definition) is 5. The van der Waals surface area contributed by atoms with E-state index in [9.17, 15) is 19.7 Å². The van der Waals surface area contributed by atoms with Crippen molar-refractivity contribution in [3.05, 3.63) is 74.2 Å². The molecule has 8 nitrogen and oxygen atoms in total. The molecule has 118 valence electrons. The molecular formula is C15H14N4O4. The summed E-state index contributed by atoms with van der Waals surface area (Å²) in [6.07, 6.45) is 2.86. The van der Waals surface area contributed by atoms with E-state index in [2.05, 4.69) is 10.5 Å². The molecule has 0 radical (unpaired) electrons.